The number of hydrogen-bond donors (Lipinski definition) is 0. The van der Waals surface area contributed by atoms with Gasteiger partial charge in [-0.3, -0.25) is 0 Å². The lowest BCUT2D eigenvalue weighted by atomic mass is 10.1. The van der Waals surface area contributed by atoms with Crippen LogP contribution in [0.2, 0.25) is 5.02 Å². The van der Waals surface area contributed by atoms with Crippen molar-refractivity contribution >= 4 is 11.6 Å². The molecule has 0 N–H and O–H groups in total. The van der Waals surface area contributed by atoms with E-state index >= 15 is 0 Å². The van der Waals surface area contributed by atoms with Crippen LogP contribution in [-0.4, -0.2) is 7.11 Å². The molecule has 0 unspecified atom stereocenters. The van der Waals surface area contributed by atoms with E-state index in [2.05, 4.69) is 6.07 Å². The second-order valence-electron chi connectivity index (χ2n) is 4.44. The topological polar surface area (TPSA) is 42.2 Å². The van der Waals surface area contributed by atoms with Gasteiger partial charge in [0.1, 0.15) is 23.3 Å². The average molecular weight is 288 g/mol. The van der Waals surface area contributed by atoms with Crippen molar-refractivity contribution in [1.82, 2.24) is 0 Å². The highest BCUT2D eigenvalue weighted by Gasteiger charge is 2.11. The van der Waals surface area contributed by atoms with Gasteiger partial charge in [0.15, 0.2) is 0 Å². The first-order valence-electron chi connectivity index (χ1n) is 6.08. The summed E-state index contributed by atoms with van der Waals surface area (Å²) in [5, 5.41) is 9.82. The molecule has 2 rings (SSSR count). The summed E-state index contributed by atoms with van der Waals surface area (Å²) in [7, 11) is 1.57. The monoisotopic (exact) mass is 287 g/mol. The number of ether oxygens (including phenoxy) is 2. The first-order chi connectivity index (χ1) is 9.55. The average Bonchev–Trinajstić information content (AvgIpc) is 2.42. The van der Waals surface area contributed by atoms with Crippen LogP contribution in [0.3, 0.4) is 0 Å². The number of halogens is 1. The van der Waals surface area contributed by atoms with E-state index in [0.717, 1.165) is 11.1 Å². The molecular formula is C16H14ClNO2. The van der Waals surface area contributed by atoms with Crippen LogP contribution in [0.15, 0.2) is 30.3 Å². The van der Waals surface area contributed by atoms with Crippen LogP contribution in [0, 0.1) is 25.2 Å². The summed E-state index contributed by atoms with van der Waals surface area (Å²) in [5.74, 6) is 1.82. The molecule has 102 valence electrons. The minimum absolute atomic E-state index is 0.458. The Morgan fingerprint density at radius 3 is 2.30 bits per heavy atom. The van der Waals surface area contributed by atoms with Crippen molar-refractivity contribution in [2.24, 2.45) is 0 Å². The highest BCUT2D eigenvalue weighted by Crippen LogP contribution is 2.34. The van der Waals surface area contributed by atoms with Gasteiger partial charge in [-0.1, -0.05) is 11.6 Å². The summed E-state index contributed by atoms with van der Waals surface area (Å²) in [6.45, 7) is 3.83. The number of rotatable bonds is 3. The normalized spacial score (nSPS) is 9.95. The molecule has 4 heteroatoms. The van der Waals surface area contributed by atoms with E-state index in [4.69, 9.17) is 26.3 Å². The highest BCUT2D eigenvalue weighted by atomic mass is 35.5. The molecule has 3 nitrogen and oxygen atoms in total. The second kappa shape index (κ2) is 5.85. The minimum Gasteiger partial charge on any atom is -0.497 e. The zero-order chi connectivity index (χ0) is 14.7. The first-order valence-corrected chi connectivity index (χ1v) is 6.45. The van der Waals surface area contributed by atoms with Gasteiger partial charge in [-0.2, -0.15) is 5.26 Å². The van der Waals surface area contributed by atoms with E-state index in [1.165, 1.54) is 0 Å². The van der Waals surface area contributed by atoms with E-state index in [1.54, 1.807) is 25.3 Å². The van der Waals surface area contributed by atoms with Crippen molar-refractivity contribution in [3.63, 3.8) is 0 Å². The fourth-order valence-corrected chi connectivity index (χ4v) is 2.30. The maximum atomic E-state index is 9.15. The molecule has 20 heavy (non-hydrogen) atoms. The predicted octanol–water partition coefficient (Wildman–Crippen LogP) is 4.63. The summed E-state index contributed by atoms with van der Waals surface area (Å²) in [6.07, 6.45) is 0. The van der Waals surface area contributed by atoms with E-state index < -0.39 is 0 Å². The number of hydrogen-bond acceptors (Lipinski definition) is 3. The lowest BCUT2D eigenvalue weighted by Gasteiger charge is -2.14. The molecule has 0 radical (unpaired) electrons. The van der Waals surface area contributed by atoms with Gasteiger partial charge < -0.3 is 9.47 Å². The summed E-state index contributed by atoms with van der Waals surface area (Å²) in [5.41, 5.74) is 2.29. The van der Waals surface area contributed by atoms with Crippen molar-refractivity contribution < 1.29 is 9.47 Å². The molecule has 0 aliphatic rings. The summed E-state index contributed by atoms with van der Waals surface area (Å²) < 4.78 is 11.1. The predicted molar refractivity (Wildman–Crippen MR) is 78.7 cm³/mol. The maximum Gasteiger partial charge on any atom is 0.148 e. The van der Waals surface area contributed by atoms with Crippen molar-refractivity contribution in [2.45, 2.75) is 13.8 Å². The Bertz CT molecular complexity index is 666. The van der Waals surface area contributed by atoms with Crippen LogP contribution in [0.4, 0.5) is 0 Å². The lowest BCUT2D eigenvalue weighted by Crippen LogP contribution is -1.94. The van der Waals surface area contributed by atoms with Crippen LogP contribution in [0.25, 0.3) is 0 Å². The molecule has 0 aliphatic heterocycles. The lowest BCUT2D eigenvalue weighted by molar-refractivity contribution is 0.408. The Morgan fingerprint density at radius 1 is 1.10 bits per heavy atom. The zero-order valence-corrected chi connectivity index (χ0v) is 12.3. The number of benzene rings is 2. The van der Waals surface area contributed by atoms with Crippen molar-refractivity contribution in [3.05, 3.63) is 52.0 Å². The second-order valence-corrected chi connectivity index (χ2v) is 4.88. The minimum atomic E-state index is 0.458. The maximum absolute atomic E-state index is 9.15. The van der Waals surface area contributed by atoms with Crippen molar-refractivity contribution in [1.29, 1.82) is 5.26 Å². The number of aryl methyl sites for hydroxylation is 2. The number of methoxy groups -OCH3 is 1. The SMILES string of the molecule is COc1ccc(C#N)c(Oc2c(C)cc(Cl)cc2C)c1. The van der Waals surface area contributed by atoms with Gasteiger partial charge in [-0.25, -0.2) is 0 Å². The fourth-order valence-electron chi connectivity index (χ4n) is 1.97. The molecule has 0 atom stereocenters. The number of nitriles is 1. The van der Waals surface area contributed by atoms with Gasteiger partial charge in [0.2, 0.25) is 0 Å². The quantitative estimate of drug-likeness (QED) is 0.826. The van der Waals surface area contributed by atoms with Gasteiger partial charge >= 0.3 is 0 Å². The van der Waals surface area contributed by atoms with Crippen LogP contribution in [0.1, 0.15) is 16.7 Å². The Labute approximate surface area is 123 Å². The van der Waals surface area contributed by atoms with E-state index in [1.807, 2.05) is 26.0 Å². The Kier molecular flexibility index (Phi) is 4.16. The molecule has 0 amide bonds. The van der Waals surface area contributed by atoms with Gasteiger partial charge in [-0.05, 0) is 49.2 Å². The summed E-state index contributed by atoms with van der Waals surface area (Å²) in [4.78, 5) is 0. The summed E-state index contributed by atoms with van der Waals surface area (Å²) >= 11 is 6.00. The van der Waals surface area contributed by atoms with Gasteiger partial charge in [0.25, 0.3) is 0 Å². The molecule has 0 aromatic heterocycles. The fraction of sp³-hybridized carbons (Fsp3) is 0.188. The third-order valence-electron chi connectivity index (χ3n) is 2.95. The Hall–Kier alpha value is -2.18. The standard InChI is InChI=1S/C16H14ClNO2/c1-10-6-13(17)7-11(2)16(10)20-15-8-14(19-3)5-4-12(15)9-18/h4-8H,1-3H3. The third-order valence-corrected chi connectivity index (χ3v) is 3.16. The molecule has 0 spiro atoms. The molecular weight excluding hydrogens is 274 g/mol. The smallest absolute Gasteiger partial charge is 0.148 e. The zero-order valence-electron chi connectivity index (χ0n) is 11.5. The Balaban J connectivity index is 2.47. The largest absolute Gasteiger partial charge is 0.497 e. The third kappa shape index (κ3) is 2.87. The van der Waals surface area contributed by atoms with E-state index in [-0.39, 0.29) is 0 Å². The number of nitrogens with zero attached hydrogens (tertiary/aromatic N) is 1. The van der Waals surface area contributed by atoms with Crippen LogP contribution in [0.5, 0.6) is 17.2 Å². The first kappa shape index (κ1) is 14.2. The molecule has 0 bridgehead atoms. The van der Waals surface area contributed by atoms with Crippen molar-refractivity contribution in [3.8, 4) is 23.3 Å². The van der Waals surface area contributed by atoms with E-state index in [0.29, 0.717) is 27.8 Å². The molecule has 0 aliphatic carbocycles. The van der Waals surface area contributed by atoms with E-state index in [9.17, 15) is 0 Å². The van der Waals surface area contributed by atoms with Gasteiger partial charge in [0.05, 0.1) is 12.7 Å². The molecule has 0 fully saturated rings. The molecule has 0 heterocycles. The van der Waals surface area contributed by atoms with Crippen LogP contribution < -0.4 is 9.47 Å². The highest BCUT2D eigenvalue weighted by molar-refractivity contribution is 6.30. The van der Waals surface area contributed by atoms with Gasteiger partial charge in [-0.15, -0.1) is 0 Å². The molecule has 0 saturated heterocycles. The summed E-state index contributed by atoms with van der Waals surface area (Å²) in [6, 6.07) is 10.9. The Morgan fingerprint density at radius 2 is 1.75 bits per heavy atom. The van der Waals surface area contributed by atoms with Crippen LogP contribution >= 0.6 is 11.6 Å². The molecule has 2 aromatic carbocycles. The van der Waals surface area contributed by atoms with Crippen molar-refractivity contribution in [2.75, 3.05) is 7.11 Å². The molecule has 0 saturated carbocycles. The van der Waals surface area contributed by atoms with Gasteiger partial charge in [0, 0.05) is 11.1 Å². The van der Waals surface area contributed by atoms with Crippen LogP contribution in [-0.2, 0) is 0 Å². The molecule has 2 aromatic rings.